The van der Waals surface area contributed by atoms with E-state index in [2.05, 4.69) is 26.3 Å². The number of amides is 3. The van der Waals surface area contributed by atoms with Gasteiger partial charge in [0, 0.05) is 31.4 Å². The SMILES string of the molecule is O=C1CNCc2cccnc2Cc2ccccc2CNC(=O)CNC(=O)CN1. The number of nitrogens with zero attached hydrogens (tertiary/aromatic N) is 1. The van der Waals surface area contributed by atoms with Crippen LogP contribution in [-0.2, 0) is 33.9 Å². The molecule has 0 radical (unpaired) electrons. The predicted molar refractivity (Wildman–Crippen MR) is 103 cm³/mol. The van der Waals surface area contributed by atoms with Gasteiger partial charge in [0.2, 0.25) is 17.7 Å². The van der Waals surface area contributed by atoms with Crippen molar-refractivity contribution in [1.82, 2.24) is 26.3 Å². The molecule has 0 unspecified atom stereocenters. The summed E-state index contributed by atoms with van der Waals surface area (Å²) >= 11 is 0. The van der Waals surface area contributed by atoms with Gasteiger partial charge in [0.15, 0.2) is 0 Å². The van der Waals surface area contributed by atoms with Gasteiger partial charge in [-0.3, -0.25) is 19.4 Å². The van der Waals surface area contributed by atoms with E-state index in [1.165, 1.54) is 0 Å². The molecule has 146 valence electrons. The minimum Gasteiger partial charge on any atom is -0.350 e. The van der Waals surface area contributed by atoms with Crippen molar-refractivity contribution in [2.45, 2.75) is 19.5 Å². The van der Waals surface area contributed by atoms with E-state index in [9.17, 15) is 14.4 Å². The molecule has 28 heavy (non-hydrogen) atoms. The van der Waals surface area contributed by atoms with Crippen molar-refractivity contribution < 1.29 is 14.4 Å². The first-order chi connectivity index (χ1) is 13.6. The van der Waals surface area contributed by atoms with E-state index < -0.39 is 5.91 Å². The normalized spacial score (nSPS) is 16.6. The average molecular weight is 381 g/mol. The number of hydrogen-bond acceptors (Lipinski definition) is 5. The van der Waals surface area contributed by atoms with Crippen LogP contribution >= 0.6 is 0 Å². The second-order valence-electron chi connectivity index (χ2n) is 6.49. The van der Waals surface area contributed by atoms with Gasteiger partial charge in [0.1, 0.15) is 0 Å². The van der Waals surface area contributed by atoms with Gasteiger partial charge in [-0.25, -0.2) is 0 Å². The van der Waals surface area contributed by atoms with Crippen LogP contribution in [0.4, 0.5) is 0 Å². The molecule has 0 aliphatic carbocycles. The highest BCUT2D eigenvalue weighted by molar-refractivity contribution is 5.88. The smallest absolute Gasteiger partial charge is 0.239 e. The van der Waals surface area contributed by atoms with Gasteiger partial charge >= 0.3 is 0 Å². The number of carbonyl (C=O) groups excluding carboxylic acids is 3. The van der Waals surface area contributed by atoms with E-state index >= 15 is 0 Å². The molecule has 3 rings (SSSR count). The van der Waals surface area contributed by atoms with Gasteiger partial charge in [-0.15, -0.1) is 0 Å². The van der Waals surface area contributed by atoms with Crippen LogP contribution < -0.4 is 21.3 Å². The number of benzene rings is 1. The van der Waals surface area contributed by atoms with E-state index in [4.69, 9.17) is 0 Å². The number of rotatable bonds is 0. The molecule has 1 aliphatic heterocycles. The Morgan fingerprint density at radius 3 is 2.00 bits per heavy atom. The summed E-state index contributed by atoms with van der Waals surface area (Å²) in [6.45, 7) is 0.622. The molecule has 8 heteroatoms. The molecular formula is C20H23N5O3. The number of carbonyl (C=O) groups is 3. The van der Waals surface area contributed by atoms with E-state index in [0.717, 1.165) is 22.4 Å². The third-order valence-electron chi connectivity index (χ3n) is 4.43. The van der Waals surface area contributed by atoms with Crippen molar-refractivity contribution in [1.29, 1.82) is 0 Å². The van der Waals surface area contributed by atoms with Gasteiger partial charge in [0.05, 0.1) is 19.6 Å². The Morgan fingerprint density at radius 1 is 0.643 bits per heavy atom. The van der Waals surface area contributed by atoms with E-state index in [-0.39, 0.29) is 31.4 Å². The van der Waals surface area contributed by atoms with E-state index in [0.29, 0.717) is 19.5 Å². The fraction of sp³-hybridized carbons (Fsp3) is 0.300. The average Bonchev–Trinajstić information content (AvgIpc) is 2.71. The van der Waals surface area contributed by atoms with Crippen LogP contribution in [0.5, 0.6) is 0 Å². The molecule has 0 saturated carbocycles. The third-order valence-corrected chi connectivity index (χ3v) is 4.43. The highest BCUT2D eigenvalue weighted by atomic mass is 16.2. The standard InChI is InChI=1S/C20H23N5O3/c26-18-11-21-9-16-6-3-7-22-17(16)8-14-4-1-2-5-15(14)10-23-19(27)12-25-20(28)13-24-18/h1-7,21H,8-13H2,(H,23,27)(H,24,26)(H,25,28). The number of aromatic nitrogens is 1. The predicted octanol–water partition coefficient (Wildman–Crippen LogP) is -0.376. The molecule has 3 amide bonds. The van der Waals surface area contributed by atoms with Gasteiger partial charge in [0.25, 0.3) is 0 Å². The lowest BCUT2D eigenvalue weighted by molar-refractivity contribution is -0.127. The van der Waals surface area contributed by atoms with Gasteiger partial charge in [-0.05, 0) is 22.8 Å². The van der Waals surface area contributed by atoms with Gasteiger partial charge in [-0.1, -0.05) is 30.3 Å². The Balaban J connectivity index is 1.82. The van der Waals surface area contributed by atoms with Crippen LogP contribution in [0.15, 0.2) is 42.6 Å². The molecular weight excluding hydrogens is 358 g/mol. The molecule has 1 aromatic heterocycles. The minimum absolute atomic E-state index is 0.0820. The largest absolute Gasteiger partial charge is 0.350 e. The molecule has 0 bridgehead atoms. The molecule has 0 spiro atoms. The van der Waals surface area contributed by atoms with Crippen molar-refractivity contribution in [3.8, 4) is 0 Å². The number of fused-ring (bicyclic) bond motifs is 2. The monoisotopic (exact) mass is 381 g/mol. The molecule has 0 saturated heterocycles. The Bertz CT molecular complexity index is 868. The third kappa shape index (κ3) is 5.62. The second kappa shape index (κ2) is 9.61. The second-order valence-corrected chi connectivity index (χ2v) is 6.49. The summed E-state index contributed by atoms with van der Waals surface area (Å²) in [5.74, 6) is -0.999. The molecule has 2 heterocycles. The zero-order valence-electron chi connectivity index (χ0n) is 15.5. The summed E-state index contributed by atoms with van der Waals surface area (Å²) in [5, 5.41) is 10.9. The lowest BCUT2D eigenvalue weighted by Crippen LogP contribution is -2.43. The first-order valence-electron chi connectivity index (χ1n) is 9.12. The lowest BCUT2D eigenvalue weighted by atomic mass is 10.00. The topological polar surface area (TPSA) is 112 Å². The van der Waals surface area contributed by atoms with Crippen molar-refractivity contribution in [2.75, 3.05) is 19.6 Å². The summed E-state index contributed by atoms with van der Waals surface area (Å²) < 4.78 is 0. The fourth-order valence-corrected chi connectivity index (χ4v) is 2.92. The minimum atomic E-state index is -0.414. The van der Waals surface area contributed by atoms with Gasteiger partial charge < -0.3 is 21.3 Å². The molecule has 8 nitrogen and oxygen atoms in total. The van der Waals surface area contributed by atoms with Crippen LogP contribution in [0.25, 0.3) is 0 Å². The Hall–Kier alpha value is -3.26. The van der Waals surface area contributed by atoms with Crippen molar-refractivity contribution >= 4 is 17.7 Å². The number of hydrogen-bond donors (Lipinski definition) is 4. The maximum Gasteiger partial charge on any atom is 0.239 e. The van der Waals surface area contributed by atoms with E-state index in [1.54, 1.807) is 6.20 Å². The Labute approximate surface area is 163 Å². The zero-order chi connectivity index (χ0) is 19.8. The van der Waals surface area contributed by atoms with Crippen LogP contribution in [0, 0.1) is 0 Å². The molecule has 1 aliphatic rings. The van der Waals surface area contributed by atoms with Crippen LogP contribution in [0.1, 0.15) is 22.4 Å². The highest BCUT2D eigenvalue weighted by Crippen LogP contribution is 2.16. The summed E-state index contributed by atoms with van der Waals surface area (Å²) in [6.07, 6.45) is 2.36. The Morgan fingerprint density at radius 2 is 1.25 bits per heavy atom. The molecule has 2 aromatic rings. The van der Waals surface area contributed by atoms with Crippen LogP contribution in [0.2, 0.25) is 0 Å². The highest BCUT2D eigenvalue weighted by Gasteiger charge is 2.12. The van der Waals surface area contributed by atoms with E-state index in [1.807, 2.05) is 36.4 Å². The number of pyridine rings is 1. The first-order valence-corrected chi connectivity index (χ1v) is 9.12. The molecule has 0 atom stereocenters. The maximum absolute atomic E-state index is 12.0. The molecule has 4 N–H and O–H groups in total. The summed E-state index contributed by atoms with van der Waals surface area (Å²) in [4.78, 5) is 40.1. The van der Waals surface area contributed by atoms with Crippen molar-refractivity contribution in [2.24, 2.45) is 0 Å². The quantitative estimate of drug-likeness (QED) is 0.497. The van der Waals surface area contributed by atoms with Crippen LogP contribution in [0.3, 0.4) is 0 Å². The lowest BCUT2D eigenvalue weighted by Gasteiger charge is -2.13. The molecule has 1 aromatic carbocycles. The fourth-order valence-electron chi connectivity index (χ4n) is 2.92. The molecule has 0 fully saturated rings. The van der Waals surface area contributed by atoms with Crippen molar-refractivity contribution in [3.63, 3.8) is 0 Å². The van der Waals surface area contributed by atoms with Crippen molar-refractivity contribution in [3.05, 3.63) is 65.0 Å². The maximum atomic E-state index is 12.0. The first kappa shape index (κ1) is 19.5. The summed E-state index contributed by atoms with van der Waals surface area (Å²) in [6, 6.07) is 11.7. The summed E-state index contributed by atoms with van der Waals surface area (Å²) in [5.41, 5.74) is 3.97. The zero-order valence-corrected chi connectivity index (χ0v) is 15.5. The number of nitrogens with one attached hydrogen (secondary N) is 4. The van der Waals surface area contributed by atoms with Crippen LogP contribution in [-0.4, -0.2) is 42.3 Å². The van der Waals surface area contributed by atoms with Gasteiger partial charge in [-0.2, -0.15) is 0 Å². The Kier molecular flexibility index (Phi) is 6.69. The summed E-state index contributed by atoms with van der Waals surface area (Å²) in [7, 11) is 0.